The summed E-state index contributed by atoms with van der Waals surface area (Å²) in [7, 11) is 1.28. The second-order valence-electron chi connectivity index (χ2n) is 6.22. The Morgan fingerprint density at radius 2 is 1.67 bits per heavy atom. The lowest BCUT2D eigenvalue weighted by atomic mass is 9.99. The number of methoxy groups -OCH3 is 1. The van der Waals surface area contributed by atoms with Gasteiger partial charge in [0.15, 0.2) is 0 Å². The number of esters is 1. The lowest BCUT2D eigenvalue weighted by molar-refractivity contribution is -0.147. The Labute approximate surface area is 147 Å². The Morgan fingerprint density at radius 1 is 1.08 bits per heavy atom. The molecule has 24 heavy (non-hydrogen) atoms. The Balaban J connectivity index is 3.83. The van der Waals surface area contributed by atoms with Crippen LogP contribution in [0.2, 0.25) is 0 Å². The maximum atomic E-state index is 12.1. The van der Waals surface area contributed by atoms with E-state index < -0.39 is 12.1 Å². The number of hydrogen-bond donors (Lipinski definition) is 1. The van der Waals surface area contributed by atoms with Crippen LogP contribution in [-0.4, -0.2) is 31.8 Å². The number of alkyl carbamates (subject to hydrolysis) is 1. The quantitative estimate of drug-likeness (QED) is 0.285. The van der Waals surface area contributed by atoms with Crippen LogP contribution in [0.3, 0.4) is 0 Å². The zero-order valence-electron chi connectivity index (χ0n) is 15.6. The molecule has 1 amide bonds. The van der Waals surface area contributed by atoms with Gasteiger partial charge in [0.1, 0.15) is 6.04 Å². The second kappa shape index (κ2) is 15.0. The predicted octanol–water partition coefficient (Wildman–Crippen LogP) is 4.61. The van der Waals surface area contributed by atoms with Crippen molar-refractivity contribution >= 4 is 12.1 Å². The summed E-state index contributed by atoms with van der Waals surface area (Å²) in [5, 5.41) is 2.56. The molecule has 0 aliphatic carbocycles. The Bertz CT molecular complexity index is 357. The number of hydrogen-bond acceptors (Lipinski definition) is 4. The van der Waals surface area contributed by atoms with E-state index in [0.29, 0.717) is 6.61 Å². The normalized spacial score (nSPS) is 13.0. The SMILES string of the molecule is C=CCCCCCCCCCOC(=O)C(NC(=O)OC)C(C)CC. The fourth-order valence-corrected chi connectivity index (χ4v) is 2.39. The lowest BCUT2D eigenvalue weighted by Crippen LogP contribution is -2.46. The van der Waals surface area contributed by atoms with Crippen molar-refractivity contribution in [1.82, 2.24) is 5.32 Å². The molecule has 0 aliphatic heterocycles. The Hall–Kier alpha value is -1.52. The summed E-state index contributed by atoms with van der Waals surface area (Å²) in [6, 6.07) is -0.646. The molecule has 140 valence electrons. The van der Waals surface area contributed by atoms with Crippen molar-refractivity contribution in [2.24, 2.45) is 5.92 Å². The van der Waals surface area contributed by atoms with Crippen LogP contribution in [-0.2, 0) is 14.3 Å². The highest BCUT2D eigenvalue weighted by Gasteiger charge is 2.27. The molecule has 0 saturated carbocycles. The molecular weight excluding hydrogens is 306 g/mol. The van der Waals surface area contributed by atoms with Crippen LogP contribution in [0.5, 0.6) is 0 Å². The maximum absolute atomic E-state index is 12.1. The summed E-state index contributed by atoms with van der Waals surface area (Å²) in [6.07, 6.45) is 11.3. The molecule has 5 heteroatoms. The highest BCUT2D eigenvalue weighted by atomic mass is 16.5. The first-order chi connectivity index (χ1) is 11.6. The number of carbonyl (C=O) groups is 2. The van der Waals surface area contributed by atoms with E-state index in [1.54, 1.807) is 0 Å². The van der Waals surface area contributed by atoms with E-state index >= 15 is 0 Å². The highest BCUT2D eigenvalue weighted by Crippen LogP contribution is 2.11. The van der Waals surface area contributed by atoms with Gasteiger partial charge in [0.25, 0.3) is 0 Å². The van der Waals surface area contributed by atoms with E-state index in [1.165, 1.54) is 39.2 Å². The topological polar surface area (TPSA) is 64.6 Å². The van der Waals surface area contributed by atoms with E-state index in [0.717, 1.165) is 25.7 Å². The molecule has 2 atom stereocenters. The molecule has 0 bridgehead atoms. The average Bonchev–Trinajstić information content (AvgIpc) is 2.60. The summed E-state index contributed by atoms with van der Waals surface area (Å²) in [5.41, 5.74) is 0. The van der Waals surface area contributed by atoms with Crippen molar-refractivity contribution in [2.75, 3.05) is 13.7 Å². The Morgan fingerprint density at radius 3 is 2.21 bits per heavy atom. The van der Waals surface area contributed by atoms with Gasteiger partial charge < -0.3 is 14.8 Å². The number of ether oxygens (including phenoxy) is 2. The zero-order valence-corrected chi connectivity index (χ0v) is 15.6. The average molecular weight is 341 g/mol. The van der Waals surface area contributed by atoms with Crippen molar-refractivity contribution in [2.45, 2.75) is 77.7 Å². The minimum absolute atomic E-state index is 0.00663. The minimum atomic E-state index is -0.646. The summed E-state index contributed by atoms with van der Waals surface area (Å²) >= 11 is 0. The van der Waals surface area contributed by atoms with Crippen molar-refractivity contribution in [3.05, 3.63) is 12.7 Å². The van der Waals surface area contributed by atoms with Gasteiger partial charge in [-0.1, -0.05) is 58.4 Å². The molecule has 0 rings (SSSR count). The Kier molecular flexibility index (Phi) is 14.1. The minimum Gasteiger partial charge on any atom is -0.464 e. The van der Waals surface area contributed by atoms with Gasteiger partial charge in [-0.05, 0) is 25.2 Å². The summed E-state index contributed by atoms with van der Waals surface area (Å²) < 4.78 is 9.88. The van der Waals surface area contributed by atoms with E-state index in [1.807, 2.05) is 19.9 Å². The van der Waals surface area contributed by atoms with Gasteiger partial charge >= 0.3 is 12.1 Å². The molecular formula is C19H35NO4. The molecule has 0 fully saturated rings. The van der Waals surface area contributed by atoms with Crippen LogP contribution >= 0.6 is 0 Å². The van der Waals surface area contributed by atoms with Crippen LogP contribution in [0.4, 0.5) is 4.79 Å². The van der Waals surface area contributed by atoms with E-state index in [-0.39, 0.29) is 11.9 Å². The first-order valence-electron chi connectivity index (χ1n) is 9.18. The predicted molar refractivity (Wildman–Crippen MR) is 96.9 cm³/mol. The molecule has 0 saturated heterocycles. The standard InChI is InChI=1S/C19H35NO4/c1-5-7-8-9-10-11-12-13-14-15-24-18(21)17(16(3)6-2)20-19(22)23-4/h5,16-17H,1,6-15H2,2-4H3,(H,20,22). The number of unbranched alkanes of at least 4 members (excludes halogenated alkanes) is 7. The van der Waals surface area contributed by atoms with Crippen molar-refractivity contribution in [1.29, 1.82) is 0 Å². The van der Waals surface area contributed by atoms with Crippen LogP contribution in [0.15, 0.2) is 12.7 Å². The van der Waals surface area contributed by atoms with E-state index in [4.69, 9.17) is 4.74 Å². The fraction of sp³-hybridized carbons (Fsp3) is 0.789. The number of rotatable bonds is 14. The van der Waals surface area contributed by atoms with Gasteiger partial charge in [0, 0.05) is 0 Å². The zero-order chi connectivity index (χ0) is 18.2. The van der Waals surface area contributed by atoms with Crippen LogP contribution in [0, 0.1) is 5.92 Å². The third kappa shape index (κ3) is 11.1. The first kappa shape index (κ1) is 22.5. The largest absolute Gasteiger partial charge is 0.464 e. The van der Waals surface area contributed by atoms with Crippen molar-refractivity contribution in [3.8, 4) is 0 Å². The number of allylic oxidation sites excluding steroid dienone is 1. The van der Waals surface area contributed by atoms with Gasteiger partial charge in [-0.25, -0.2) is 9.59 Å². The van der Waals surface area contributed by atoms with E-state index in [9.17, 15) is 9.59 Å². The molecule has 2 unspecified atom stereocenters. The van der Waals surface area contributed by atoms with Crippen molar-refractivity contribution < 1.29 is 19.1 Å². The number of amides is 1. The van der Waals surface area contributed by atoms with Gasteiger partial charge in [0.2, 0.25) is 0 Å². The van der Waals surface area contributed by atoms with E-state index in [2.05, 4.69) is 16.6 Å². The molecule has 0 spiro atoms. The maximum Gasteiger partial charge on any atom is 0.407 e. The monoisotopic (exact) mass is 341 g/mol. The summed E-state index contributed by atoms with van der Waals surface area (Å²) in [6.45, 7) is 8.01. The molecule has 0 radical (unpaired) electrons. The van der Waals surface area contributed by atoms with Gasteiger partial charge in [-0.15, -0.1) is 6.58 Å². The highest BCUT2D eigenvalue weighted by molar-refractivity contribution is 5.81. The van der Waals surface area contributed by atoms with Crippen LogP contribution in [0.25, 0.3) is 0 Å². The smallest absolute Gasteiger partial charge is 0.407 e. The van der Waals surface area contributed by atoms with Crippen LogP contribution < -0.4 is 5.32 Å². The summed E-state index contributed by atoms with van der Waals surface area (Å²) in [5.74, 6) is -0.369. The third-order valence-electron chi connectivity index (χ3n) is 4.22. The molecule has 0 aliphatic rings. The molecule has 1 N–H and O–H groups in total. The molecule has 0 aromatic heterocycles. The first-order valence-corrected chi connectivity index (χ1v) is 9.18. The number of carbonyl (C=O) groups excluding carboxylic acids is 2. The fourth-order valence-electron chi connectivity index (χ4n) is 2.39. The van der Waals surface area contributed by atoms with Gasteiger partial charge in [-0.3, -0.25) is 0 Å². The molecule has 0 aromatic carbocycles. The van der Waals surface area contributed by atoms with Gasteiger partial charge in [-0.2, -0.15) is 0 Å². The van der Waals surface area contributed by atoms with Gasteiger partial charge in [0.05, 0.1) is 13.7 Å². The molecule has 0 aromatic rings. The molecule has 5 nitrogen and oxygen atoms in total. The van der Waals surface area contributed by atoms with Crippen LogP contribution in [0.1, 0.15) is 71.6 Å². The third-order valence-corrected chi connectivity index (χ3v) is 4.22. The second-order valence-corrected chi connectivity index (χ2v) is 6.22. The van der Waals surface area contributed by atoms with Crippen molar-refractivity contribution in [3.63, 3.8) is 0 Å². The molecule has 0 heterocycles. The summed E-state index contributed by atoms with van der Waals surface area (Å²) in [4.78, 5) is 23.5. The lowest BCUT2D eigenvalue weighted by Gasteiger charge is -2.21. The number of nitrogens with one attached hydrogen (secondary N) is 1.